The van der Waals surface area contributed by atoms with Gasteiger partial charge in [0.15, 0.2) is 0 Å². The van der Waals surface area contributed by atoms with Crippen molar-refractivity contribution in [3.05, 3.63) is 0 Å². The summed E-state index contributed by atoms with van der Waals surface area (Å²) in [5.41, 5.74) is 0. The molecule has 2 nitrogen and oxygen atoms in total. The summed E-state index contributed by atoms with van der Waals surface area (Å²) in [6, 6.07) is 2.17. The standard InChI is InChI=1S/C14H30N2/c1-6-10-15-13-8-7-9-14(13)16(5)12(4)11(2)3/h11-15H,6-10H2,1-5H3. The van der Waals surface area contributed by atoms with E-state index in [0.29, 0.717) is 6.04 Å². The molecule has 1 N–H and O–H groups in total. The van der Waals surface area contributed by atoms with Crippen LogP contribution in [-0.2, 0) is 0 Å². The van der Waals surface area contributed by atoms with Crippen LogP contribution in [0.15, 0.2) is 0 Å². The molecule has 0 spiro atoms. The fraction of sp³-hybridized carbons (Fsp3) is 1.00. The van der Waals surface area contributed by atoms with E-state index in [1.54, 1.807) is 0 Å². The molecule has 3 atom stereocenters. The third-order valence-electron chi connectivity index (χ3n) is 4.27. The Bertz CT molecular complexity index is 191. The highest BCUT2D eigenvalue weighted by atomic mass is 15.2. The van der Waals surface area contributed by atoms with Gasteiger partial charge in [0, 0.05) is 18.1 Å². The molecule has 0 aromatic carbocycles. The topological polar surface area (TPSA) is 15.3 Å². The van der Waals surface area contributed by atoms with E-state index in [2.05, 4.69) is 45.0 Å². The molecular formula is C14H30N2. The summed E-state index contributed by atoms with van der Waals surface area (Å²) in [6.07, 6.45) is 5.36. The van der Waals surface area contributed by atoms with E-state index in [1.807, 2.05) is 0 Å². The van der Waals surface area contributed by atoms with E-state index in [4.69, 9.17) is 0 Å². The third-order valence-corrected chi connectivity index (χ3v) is 4.27. The Balaban J connectivity index is 2.49. The number of hydrogen-bond acceptors (Lipinski definition) is 2. The lowest BCUT2D eigenvalue weighted by atomic mass is 10.0. The van der Waals surface area contributed by atoms with Crippen LogP contribution >= 0.6 is 0 Å². The third kappa shape index (κ3) is 3.46. The minimum absolute atomic E-state index is 0.689. The molecular weight excluding hydrogens is 196 g/mol. The Hall–Kier alpha value is -0.0800. The predicted molar refractivity (Wildman–Crippen MR) is 71.8 cm³/mol. The van der Waals surface area contributed by atoms with Crippen molar-refractivity contribution >= 4 is 0 Å². The number of hydrogen-bond donors (Lipinski definition) is 1. The van der Waals surface area contributed by atoms with Crippen molar-refractivity contribution in [3.63, 3.8) is 0 Å². The normalized spacial score (nSPS) is 27.9. The maximum Gasteiger partial charge on any atom is 0.0249 e. The summed E-state index contributed by atoms with van der Waals surface area (Å²) in [5, 5.41) is 3.71. The molecule has 0 heterocycles. The van der Waals surface area contributed by atoms with Crippen LogP contribution in [0, 0.1) is 5.92 Å². The minimum Gasteiger partial charge on any atom is -0.312 e. The smallest absolute Gasteiger partial charge is 0.0249 e. The first-order valence-corrected chi connectivity index (χ1v) is 7.03. The van der Waals surface area contributed by atoms with E-state index < -0.39 is 0 Å². The molecule has 0 aromatic heterocycles. The van der Waals surface area contributed by atoms with Crippen LogP contribution in [0.2, 0.25) is 0 Å². The Morgan fingerprint density at radius 2 is 1.94 bits per heavy atom. The second kappa shape index (κ2) is 6.61. The number of nitrogens with one attached hydrogen (secondary N) is 1. The average molecular weight is 226 g/mol. The summed E-state index contributed by atoms with van der Waals surface area (Å²) >= 11 is 0. The maximum atomic E-state index is 3.71. The van der Waals surface area contributed by atoms with E-state index in [0.717, 1.165) is 18.0 Å². The van der Waals surface area contributed by atoms with Crippen molar-refractivity contribution in [1.29, 1.82) is 0 Å². The summed E-state index contributed by atoms with van der Waals surface area (Å²) in [7, 11) is 2.31. The van der Waals surface area contributed by atoms with Crippen LogP contribution in [0.5, 0.6) is 0 Å². The van der Waals surface area contributed by atoms with Gasteiger partial charge >= 0.3 is 0 Å². The van der Waals surface area contributed by atoms with Crippen LogP contribution in [-0.4, -0.2) is 36.6 Å². The van der Waals surface area contributed by atoms with Gasteiger partial charge in [-0.05, 0) is 45.7 Å². The van der Waals surface area contributed by atoms with Crippen LogP contribution in [0.3, 0.4) is 0 Å². The van der Waals surface area contributed by atoms with E-state index in [-0.39, 0.29) is 0 Å². The zero-order valence-electron chi connectivity index (χ0n) is 11.8. The molecule has 0 radical (unpaired) electrons. The monoisotopic (exact) mass is 226 g/mol. The lowest BCUT2D eigenvalue weighted by Crippen LogP contribution is -2.49. The molecule has 1 fully saturated rings. The molecule has 0 amide bonds. The van der Waals surface area contributed by atoms with Crippen LogP contribution in [0.25, 0.3) is 0 Å². The molecule has 0 aliphatic heterocycles. The lowest BCUT2D eigenvalue weighted by molar-refractivity contribution is 0.131. The largest absolute Gasteiger partial charge is 0.312 e. The van der Waals surface area contributed by atoms with Gasteiger partial charge in [0.1, 0.15) is 0 Å². The van der Waals surface area contributed by atoms with Gasteiger partial charge in [-0.15, -0.1) is 0 Å². The van der Waals surface area contributed by atoms with E-state index in [1.165, 1.54) is 32.2 Å². The highest BCUT2D eigenvalue weighted by molar-refractivity contribution is 4.91. The zero-order valence-corrected chi connectivity index (χ0v) is 11.8. The molecule has 1 aliphatic carbocycles. The first kappa shape index (κ1) is 14.0. The predicted octanol–water partition coefficient (Wildman–Crippen LogP) is 2.88. The Morgan fingerprint density at radius 1 is 1.25 bits per heavy atom. The summed E-state index contributed by atoms with van der Waals surface area (Å²) in [5.74, 6) is 0.748. The van der Waals surface area contributed by atoms with Gasteiger partial charge in [0.05, 0.1) is 0 Å². The molecule has 2 heteroatoms. The molecule has 0 bridgehead atoms. The quantitative estimate of drug-likeness (QED) is 0.749. The highest BCUT2D eigenvalue weighted by Crippen LogP contribution is 2.26. The number of likely N-dealkylation sites (N-methyl/N-ethyl adjacent to an activating group) is 1. The summed E-state index contributed by atoms with van der Waals surface area (Å²) in [4.78, 5) is 2.60. The van der Waals surface area contributed by atoms with Gasteiger partial charge in [-0.3, -0.25) is 4.90 Å². The fourth-order valence-corrected chi connectivity index (χ4v) is 2.77. The second-order valence-electron chi connectivity index (χ2n) is 5.71. The van der Waals surface area contributed by atoms with E-state index >= 15 is 0 Å². The van der Waals surface area contributed by atoms with Crippen molar-refractivity contribution in [2.75, 3.05) is 13.6 Å². The molecule has 16 heavy (non-hydrogen) atoms. The van der Waals surface area contributed by atoms with Gasteiger partial charge in [-0.1, -0.05) is 27.2 Å². The molecule has 0 aromatic rings. The zero-order chi connectivity index (χ0) is 12.1. The molecule has 96 valence electrons. The average Bonchev–Trinajstić information content (AvgIpc) is 2.72. The van der Waals surface area contributed by atoms with Gasteiger partial charge < -0.3 is 5.32 Å². The first-order valence-electron chi connectivity index (χ1n) is 7.03. The molecule has 0 saturated heterocycles. The second-order valence-corrected chi connectivity index (χ2v) is 5.71. The van der Waals surface area contributed by atoms with Crippen molar-refractivity contribution in [2.24, 2.45) is 5.92 Å². The molecule has 1 saturated carbocycles. The van der Waals surface area contributed by atoms with Gasteiger partial charge in [0.25, 0.3) is 0 Å². The SMILES string of the molecule is CCCNC1CCCC1N(C)C(C)C(C)C. The van der Waals surface area contributed by atoms with Crippen LogP contribution in [0.1, 0.15) is 53.4 Å². The van der Waals surface area contributed by atoms with Crippen LogP contribution in [0.4, 0.5) is 0 Å². The lowest BCUT2D eigenvalue weighted by Gasteiger charge is -2.36. The fourth-order valence-electron chi connectivity index (χ4n) is 2.77. The van der Waals surface area contributed by atoms with E-state index in [9.17, 15) is 0 Å². The Kier molecular flexibility index (Phi) is 5.77. The minimum atomic E-state index is 0.689. The van der Waals surface area contributed by atoms with Crippen LogP contribution < -0.4 is 5.32 Å². The molecule has 1 aliphatic rings. The van der Waals surface area contributed by atoms with Gasteiger partial charge in [-0.2, -0.15) is 0 Å². The van der Waals surface area contributed by atoms with Crippen molar-refractivity contribution in [3.8, 4) is 0 Å². The molecule has 1 rings (SSSR count). The highest BCUT2D eigenvalue weighted by Gasteiger charge is 2.32. The molecule has 3 unspecified atom stereocenters. The first-order chi connectivity index (χ1) is 7.57. The van der Waals surface area contributed by atoms with Crippen molar-refractivity contribution < 1.29 is 0 Å². The maximum absolute atomic E-state index is 3.71. The summed E-state index contributed by atoms with van der Waals surface area (Å²) in [6.45, 7) is 10.4. The van der Waals surface area contributed by atoms with Gasteiger partial charge in [-0.25, -0.2) is 0 Å². The van der Waals surface area contributed by atoms with Gasteiger partial charge in [0.2, 0.25) is 0 Å². The van der Waals surface area contributed by atoms with Crippen molar-refractivity contribution in [1.82, 2.24) is 10.2 Å². The number of rotatable bonds is 6. The summed E-state index contributed by atoms with van der Waals surface area (Å²) < 4.78 is 0. The Labute approximate surface area is 102 Å². The Morgan fingerprint density at radius 3 is 2.50 bits per heavy atom. The van der Waals surface area contributed by atoms with Crippen molar-refractivity contribution in [2.45, 2.75) is 71.5 Å². The number of nitrogens with zero attached hydrogens (tertiary/aromatic N) is 1.